The Morgan fingerprint density at radius 3 is 2.56 bits per heavy atom. The third kappa shape index (κ3) is 2.92. The van der Waals surface area contributed by atoms with E-state index in [1.807, 2.05) is 0 Å². The van der Waals surface area contributed by atoms with E-state index >= 15 is 0 Å². The Hall–Kier alpha value is -0.450. The predicted octanol–water partition coefficient (Wildman–Crippen LogP) is 4.45. The van der Waals surface area contributed by atoms with Crippen molar-refractivity contribution in [3.8, 4) is 0 Å². The second-order valence-corrected chi connectivity index (χ2v) is 6.76. The summed E-state index contributed by atoms with van der Waals surface area (Å²) in [5.41, 5.74) is 2.47. The number of hydrogen-bond acceptors (Lipinski definition) is 2. The van der Waals surface area contributed by atoms with Gasteiger partial charge in [0.15, 0.2) is 0 Å². The molecule has 18 heavy (non-hydrogen) atoms. The minimum absolute atomic E-state index is 1.12. The molecule has 0 radical (unpaired) electrons. The summed E-state index contributed by atoms with van der Waals surface area (Å²) in [4.78, 5) is 0. The van der Waals surface area contributed by atoms with Crippen LogP contribution in [0, 0.1) is 0 Å². The molecule has 0 atom stereocenters. The van der Waals surface area contributed by atoms with Gasteiger partial charge in [-0.25, -0.2) is 0 Å². The minimum Gasteiger partial charge on any atom is -0.195 e. The Labute approximate surface area is 125 Å². The summed E-state index contributed by atoms with van der Waals surface area (Å²) in [6.07, 6.45) is 6.46. The number of fused-ring (bicyclic) bond motifs is 1. The summed E-state index contributed by atoms with van der Waals surface area (Å²) in [6, 6.07) is 10.7. The zero-order valence-corrected chi connectivity index (χ0v) is 13.8. The molecule has 94 valence electrons. The topological polar surface area (TPSA) is 3.88 Å². The Morgan fingerprint density at radius 1 is 1.17 bits per heavy atom. The van der Waals surface area contributed by atoms with Gasteiger partial charge in [-0.15, -0.1) is 23.5 Å². The molecule has 1 aromatic heterocycles. The molecule has 0 amide bonds. The SMILES string of the molecule is CSC(=Cc1ccc2cc(Br)ccc2[n+]1C)SC. The largest absolute Gasteiger partial charge is 0.212 e. The lowest BCUT2D eigenvalue weighted by Gasteiger charge is -2.02. The second kappa shape index (κ2) is 6.13. The number of benzene rings is 1. The molecule has 0 spiro atoms. The highest BCUT2D eigenvalue weighted by Gasteiger charge is 2.10. The molecule has 1 aromatic carbocycles. The van der Waals surface area contributed by atoms with Gasteiger partial charge in [0.2, 0.25) is 11.2 Å². The van der Waals surface area contributed by atoms with Crippen molar-refractivity contribution in [1.82, 2.24) is 0 Å². The van der Waals surface area contributed by atoms with E-state index in [4.69, 9.17) is 0 Å². The lowest BCUT2D eigenvalue weighted by atomic mass is 10.2. The highest BCUT2D eigenvalue weighted by Crippen LogP contribution is 2.26. The summed E-state index contributed by atoms with van der Waals surface area (Å²) in [5.74, 6) is 0. The Bertz CT molecular complexity index is 602. The molecule has 0 saturated heterocycles. The Kier molecular flexibility index (Phi) is 4.76. The third-order valence-electron chi connectivity index (χ3n) is 2.84. The molecule has 0 fully saturated rings. The molecule has 0 N–H and O–H groups in total. The predicted molar refractivity (Wildman–Crippen MR) is 87.8 cm³/mol. The molecule has 0 saturated carbocycles. The fourth-order valence-corrected chi connectivity index (χ4v) is 3.38. The van der Waals surface area contributed by atoms with E-state index in [9.17, 15) is 0 Å². The number of aryl methyl sites for hydroxylation is 1. The van der Waals surface area contributed by atoms with Gasteiger partial charge in [-0.05, 0) is 30.7 Å². The zero-order chi connectivity index (χ0) is 13.1. The maximum absolute atomic E-state index is 3.51. The van der Waals surface area contributed by atoms with Crippen LogP contribution in [0.5, 0.6) is 0 Å². The van der Waals surface area contributed by atoms with Crippen LogP contribution in [0.2, 0.25) is 0 Å². The zero-order valence-electron chi connectivity index (χ0n) is 10.6. The second-order valence-electron chi connectivity index (χ2n) is 3.89. The van der Waals surface area contributed by atoms with Crippen molar-refractivity contribution in [1.29, 1.82) is 0 Å². The van der Waals surface area contributed by atoms with Gasteiger partial charge in [-0.1, -0.05) is 15.9 Å². The van der Waals surface area contributed by atoms with Crippen LogP contribution < -0.4 is 4.57 Å². The van der Waals surface area contributed by atoms with E-state index in [2.05, 4.69) is 76.5 Å². The summed E-state index contributed by atoms with van der Waals surface area (Å²) >= 11 is 7.08. The summed E-state index contributed by atoms with van der Waals surface area (Å²) in [5, 5.41) is 1.25. The number of aromatic nitrogens is 1. The molecule has 0 unspecified atom stereocenters. The van der Waals surface area contributed by atoms with Crippen LogP contribution in [0.15, 0.2) is 39.0 Å². The van der Waals surface area contributed by atoms with Crippen LogP contribution in [-0.4, -0.2) is 12.5 Å². The van der Waals surface area contributed by atoms with E-state index in [0.717, 1.165) is 4.47 Å². The summed E-state index contributed by atoms with van der Waals surface area (Å²) in [7, 11) is 2.11. The van der Waals surface area contributed by atoms with Crippen molar-refractivity contribution in [2.45, 2.75) is 0 Å². The summed E-state index contributed by atoms with van der Waals surface area (Å²) < 4.78 is 4.67. The first-order valence-electron chi connectivity index (χ1n) is 5.53. The number of rotatable bonds is 3. The van der Waals surface area contributed by atoms with Gasteiger partial charge < -0.3 is 0 Å². The fourth-order valence-electron chi connectivity index (χ4n) is 1.86. The number of halogens is 1. The maximum atomic E-state index is 3.51. The molecule has 0 aliphatic rings. The molecule has 1 heterocycles. The van der Waals surface area contributed by atoms with Gasteiger partial charge in [0.25, 0.3) is 0 Å². The number of pyridine rings is 1. The molecule has 2 rings (SSSR count). The Balaban J connectivity index is 2.58. The van der Waals surface area contributed by atoms with Crippen molar-refractivity contribution in [3.05, 3.63) is 44.7 Å². The molecule has 1 nitrogen and oxygen atoms in total. The lowest BCUT2D eigenvalue weighted by Crippen LogP contribution is -2.32. The quantitative estimate of drug-likeness (QED) is 0.759. The number of hydrogen-bond donors (Lipinski definition) is 0. The first-order valence-corrected chi connectivity index (χ1v) is 8.78. The van der Waals surface area contributed by atoms with E-state index < -0.39 is 0 Å². The van der Waals surface area contributed by atoms with Gasteiger partial charge in [0, 0.05) is 32.3 Å². The van der Waals surface area contributed by atoms with Crippen LogP contribution >= 0.6 is 39.5 Å². The van der Waals surface area contributed by atoms with E-state index in [1.54, 1.807) is 23.5 Å². The highest BCUT2D eigenvalue weighted by molar-refractivity contribution is 9.10. The number of nitrogens with zero attached hydrogens (tertiary/aromatic N) is 1. The Morgan fingerprint density at radius 2 is 1.89 bits per heavy atom. The van der Waals surface area contributed by atoms with Gasteiger partial charge in [0.1, 0.15) is 7.05 Å². The van der Waals surface area contributed by atoms with E-state index in [0.29, 0.717) is 0 Å². The van der Waals surface area contributed by atoms with Crippen LogP contribution in [0.4, 0.5) is 0 Å². The highest BCUT2D eigenvalue weighted by atomic mass is 79.9. The van der Waals surface area contributed by atoms with Crippen molar-refractivity contribution in [2.24, 2.45) is 7.05 Å². The minimum atomic E-state index is 1.12. The van der Waals surface area contributed by atoms with Gasteiger partial charge in [-0.2, -0.15) is 4.57 Å². The van der Waals surface area contributed by atoms with Crippen LogP contribution in [0.3, 0.4) is 0 Å². The fraction of sp³-hybridized carbons (Fsp3) is 0.214. The van der Waals surface area contributed by atoms with Gasteiger partial charge in [0.05, 0.1) is 0 Å². The molecule has 0 aliphatic heterocycles. The first kappa shape index (κ1) is 14.0. The first-order chi connectivity index (χ1) is 8.65. The van der Waals surface area contributed by atoms with Gasteiger partial charge in [-0.3, -0.25) is 0 Å². The van der Waals surface area contributed by atoms with Crippen molar-refractivity contribution in [2.75, 3.05) is 12.5 Å². The third-order valence-corrected chi connectivity index (χ3v) is 5.37. The van der Waals surface area contributed by atoms with Crippen LogP contribution in [0.25, 0.3) is 17.0 Å². The molecule has 0 aliphatic carbocycles. The molecular formula is C14H15BrNS2+. The summed E-state index contributed by atoms with van der Waals surface area (Å²) in [6.45, 7) is 0. The smallest absolute Gasteiger partial charge is 0.195 e. The van der Waals surface area contributed by atoms with Crippen molar-refractivity contribution in [3.63, 3.8) is 0 Å². The van der Waals surface area contributed by atoms with E-state index in [-0.39, 0.29) is 0 Å². The van der Waals surface area contributed by atoms with Gasteiger partial charge >= 0.3 is 0 Å². The average Bonchev–Trinajstić information content (AvgIpc) is 2.38. The standard InChI is InChI=1S/C14H15BrNS2/c1-16-12(9-14(17-2)18-3)6-4-10-8-11(15)5-7-13(10)16/h4-9H,1-3H3/q+1. The number of thioether (sulfide) groups is 2. The van der Waals surface area contributed by atoms with E-state index in [1.165, 1.54) is 20.8 Å². The molecule has 4 heteroatoms. The lowest BCUT2D eigenvalue weighted by molar-refractivity contribution is -0.646. The molecule has 0 bridgehead atoms. The average molecular weight is 341 g/mol. The molecular weight excluding hydrogens is 326 g/mol. The van der Waals surface area contributed by atoms with Crippen LogP contribution in [-0.2, 0) is 7.05 Å². The van der Waals surface area contributed by atoms with Crippen molar-refractivity contribution >= 4 is 56.4 Å². The molecule has 2 aromatic rings. The van der Waals surface area contributed by atoms with Crippen molar-refractivity contribution < 1.29 is 4.57 Å². The maximum Gasteiger partial charge on any atom is 0.212 e. The monoisotopic (exact) mass is 340 g/mol. The van der Waals surface area contributed by atoms with Crippen LogP contribution in [0.1, 0.15) is 5.69 Å². The normalized spacial score (nSPS) is 10.7.